The molecular formula is C32H37FN4O2. The highest BCUT2D eigenvalue weighted by Gasteiger charge is 2.23. The van der Waals surface area contributed by atoms with Gasteiger partial charge < -0.3 is 14.7 Å². The number of fused-ring (bicyclic) bond motifs is 1. The number of piperidine rings is 1. The number of carbonyl (C=O) groups excluding carboxylic acids is 1. The maximum absolute atomic E-state index is 13.2. The Hall–Kier alpha value is -3.55. The van der Waals surface area contributed by atoms with E-state index in [0.717, 1.165) is 54.7 Å². The zero-order valence-electron chi connectivity index (χ0n) is 22.8. The Balaban J connectivity index is 1.22. The first-order chi connectivity index (χ1) is 19.0. The molecular weight excluding hydrogens is 491 g/mol. The molecule has 1 saturated heterocycles. The third-order valence-corrected chi connectivity index (χ3v) is 7.65. The molecule has 0 aliphatic carbocycles. The van der Waals surface area contributed by atoms with Crippen LogP contribution in [0.5, 0.6) is 0 Å². The maximum Gasteiger partial charge on any atom is 0.252 e. The van der Waals surface area contributed by atoms with Gasteiger partial charge >= 0.3 is 0 Å². The summed E-state index contributed by atoms with van der Waals surface area (Å²) in [5, 5.41) is 8.40. The summed E-state index contributed by atoms with van der Waals surface area (Å²) < 4.78 is 19.1. The van der Waals surface area contributed by atoms with E-state index in [-0.39, 0.29) is 11.7 Å². The Morgan fingerprint density at radius 1 is 1.03 bits per heavy atom. The van der Waals surface area contributed by atoms with Gasteiger partial charge in [-0.2, -0.15) is 0 Å². The van der Waals surface area contributed by atoms with Gasteiger partial charge in [0.25, 0.3) is 5.91 Å². The minimum Gasteiger partial charge on any atom is -0.356 e. The summed E-state index contributed by atoms with van der Waals surface area (Å²) >= 11 is 0. The lowest BCUT2D eigenvalue weighted by molar-refractivity contribution is 0.0949. The van der Waals surface area contributed by atoms with Crippen molar-refractivity contribution >= 4 is 16.9 Å². The second kappa shape index (κ2) is 12.5. The summed E-state index contributed by atoms with van der Waals surface area (Å²) in [6, 6.07) is 20.7. The number of hydrogen-bond acceptors (Lipinski definition) is 5. The van der Waals surface area contributed by atoms with Crippen molar-refractivity contribution in [3.8, 4) is 0 Å². The quantitative estimate of drug-likeness (QED) is 0.282. The molecule has 1 aliphatic heterocycles. The van der Waals surface area contributed by atoms with Gasteiger partial charge in [-0.1, -0.05) is 47.6 Å². The van der Waals surface area contributed by atoms with Crippen LogP contribution in [-0.4, -0.2) is 48.0 Å². The zero-order valence-corrected chi connectivity index (χ0v) is 22.8. The van der Waals surface area contributed by atoms with E-state index in [1.165, 1.54) is 30.5 Å². The van der Waals surface area contributed by atoms with Gasteiger partial charge in [0.15, 0.2) is 5.58 Å². The fourth-order valence-corrected chi connectivity index (χ4v) is 5.47. The van der Waals surface area contributed by atoms with Crippen LogP contribution < -0.4 is 5.32 Å². The Labute approximate surface area is 229 Å². The standard InChI is InChI=1S/C32H37FN4O2/c1-36(2)22-29-27(32(38)34-20-24-8-11-26(33)12-9-24)13-14-28-30(35-39-31(28)29)15-10-23-16-18-37(19-17-23)21-25-6-4-3-5-7-25/h3-9,11-14,23H,10,15-22H2,1-2H3,(H,34,38). The van der Waals surface area contributed by atoms with Crippen LogP contribution in [0.4, 0.5) is 4.39 Å². The molecule has 3 aromatic carbocycles. The second-order valence-electron chi connectivity index (χ2n) is 10.9. The molecule has 1 aromatic heterocycles. The van der Waals surface area contributed by atoms with Gasteiger partial charge in [0.05, 0.1) is 5.69 Å². The average molecular weight is 529 g/mol. The molecule has 1 aliphatic rings. The van der Waals surface area contributed by atoms with E-state index in [0.29, 0.717) is 30.2 Å². The molecule has 0 bridgehead atoms. The molecule has 7 heteroatoms. The molecule has 1 amide bonds. The number of aromatic nitrogens is 1. The van der Waals surface area contributed by atoms with E-state index in [1.807, 2.05) is 31.1 Å². The van der Waals surface area contributed by atoms with Crippen molar-refractivity contribution in [2.24, 2.45) is 5.92 Å². The van der Waals surface area contributed by atoms with Crippen LogP contribution in [-0.2, 0) is 26.1 Å². The monoisotopic (exact) mass is 528 g/mol. The van der Waals surface area contributed by atoms with E-state index in [2.05, 4.69) is 45.7 Å². The van der Waals surface area contributed by atoms with Crippen LogP contribution in [0.3, 0.4) is 0 Å². The molecule has 2 heterocycles. The summed E-state index contributed by atoms with van der Waals surface area (Å²) in [5.74, 6) is 0.207. The molecule has 1 fully saturated rings. The van der Waals surface area contributed by atoms with E-state index >= 15 is 0 Å². The van der Waals surface area contributed by atoms with Crippen LogP contribution in [0, 0.1) is 11.7 Å². The smallest absolute Gasteiger partial charge is 0.252 e. The number of halogens is 1. The van der Waals surface area contributed by atoms with Crippen LogP contribution in [0.1, 0.15) is 52.0 Å². The molecule has 204 valence electrons. The molecule has 5 rings (SSSR count). The summed E-state index contributed by atoms with van der Waals surface area (Å²) in [6.45, 7) is 4.16. The minimum absolute atomic E-state index is 0.182. The van der Waals surface area contributed by atoms with Crippen LogP contribution >= 0.6 is 0 Å². The molecule has 0 radical (unpaired) electrons. The minimum atomic E-state index is -0.293. The highest BCUT2D eigenvalue weighted by atomic mass is 19.1. The Kier molecular flexibility index (Phi) is 8.69. The number of nitrogens with zero attached hydrogens (tertiary/aromatic N) is 3. The first kappa shape index (κ1) is 27.0. The van der Waals surface area contributed by atoms with Crippen molar-refractivity contribution < 1.29 is 13.7 Å². The Bertz CT molecular complexity index is 1380. The lowest BCUT2D eigenvalue weighted by Crippen LogP contribution is -2.33. The number of amides is 1. The van der Waals surface area contributed by atoms with Crippen LogP contribution in [0.15, 0.2) is 71.3 Å². The molecule has 0 spiro atoms. The average Bonchev–Trinajstić information content (AvgIpc) is 3.36. The fraction of sp³-hybridized carbons (Fsp3) is 0.375. The number of aryl methyl sites for hydroxylation is 1. The van der Waals surface area contributed by atoms with Crippen molar-refractivity contribution in [1.82, 2.24) is 20.3 Å². The lowest BCUT2D eigenvalue weighted by Gasteiger charge is -2.31. The Morgan fingerprint density at radius 3 is 2.49 bits per heavy atom. The molecule has 0 saturated carbocycles. The molecule has 39 heavy (non-hydrogen) atoms. The van der Waals surface area contributed by atoms with Gasteiger partial charge in [0.2, 0.25) is 0 Å². The van der Waals surface area contributed by atoms with Gasteiger partial charge in [-0.3, -0.25) is 9.69 Å². The SMILES string of the molecule is CN(C)Cc1c(C(=O)NCc2ccc(F)cc2)ccc2c(CCC3CCN(Cc4ccccc4)CC3)noc12. The third-order valence-electron chi connectivity index (χ3n) is 7.65. The first-order valence-electron chi connectivity index (χ1n) is 13.8. The van der Waals surface area contributed by atoms with Gasteiger partial charge in [0.1, 0.15) is 5.82 Å². The lowest BCUT2D eigenvalue weighted by atomic mass is 9.90. The fourth-order valence-electron chi connectivity index (χ4n) is 5.47. The van der Waals surface area contributed by atoms with Gasteiger partial charge in [-0.25, -0.2) is 4.39 Å². The van der Waals surface area contributed by atoms with Gasteiger partial charge in [-0.05, 0) is 94.2 Å². The van der Waals surface area contributed by atoms with E-state index in [9.17, 15) is 9.18 Å². The largest absolute Gasteiger partial charge is 0.356 e. The molecule has 6 nitrogen and oxygen atoms in total. The number of nitrogens with one attached hydrogen (secondary N) is 1. The number of rotatable bonds is 10. The Morgan fingerprint density at radius 2 is 1.77 bits per heavy atom. The normalized spacial score (nSPS) is 14.8. The van der Waals surface area contributed by atoms with Crippen molar-refractivity contribution in [2.75, 3.05) is 27.2 Å². The highest BCUT2D eigenvalue weighted by molar-refractivity contribution is 6.00. The van der Waals surface area contributed by atoms with Crippen molar-refractivity contribution in [3.05, 3.63) is 100 Å². The third kappa shape index (κ3) is 6.91. The summed E-state index contributed by atoms with van der Waals surface area (Å²) in [4.78, 5) is 17.7. The van der Waals surface area contributed by atoms with Crippen molar-refractivity contribution in [2.45, 2.75) is 45.3 Å². The zero-order chi connectivity index (χ0) is 27.2. The topological polar surface area (TPSA) is 61.6 Å². The van der Waals surface area contributed by atoms with Crippen LogP contribution in [0.2, 0.25) is 0 Å². The van der Waals surface area contributed by atoms with Crippen LogP contribution in [0.25, 0.3) is 11.0 Å². The van der Waals surface area contributed by atoms with E-state index in [4.69, 9.17) is 4.52 Å². The highest BCUT2D eigenvalue weighted by Crippen LogP contribution is 2.30. The predicted molar refractivity (Wildman–Crippen MR) is 152 cm³/mol. The number of benzene rings is 3. The molecule has 0 unspecified atom stereocenters. The number of likely N-dealkylation sites (tertiary alicyclic amines) is 1. The summed E-state index contributed by atoms with van der Waals surface area (Å²) in [6.07, 6.45) is 4.36. The molecule has 0 atom stereocenters. The molecule has 1 N–H and O–H groups in total. The summed E-state index contributed by atoms with van der Waals surface area (Å²) in [7, 11) is 3.95. The van der Waals surface area contributed by atoms with Gasteiger partial charge in [0, 0.05) is 36.1 Å². The molecule has 4 aromatic rings. The van der Waals surface area contributed by atoms with Crippen molar-refractivity contribution in [1.29, 1.82) is 0 Å². The first-order valence-corrected chi connectivity index (χ1v) is 13.8. The van der Waals surface area contributed by atoms with E-state index in [1.54, 1.807) is 12.1 Å². The maximum atomic E-state index is 13.2. The van der Waals surface area contributed by atoms with Gasteiger partial charge in [-0.15, -0.1) is 0 Å². The number of carbonyl (C=O) groups is 1. The van der Waals surface area contributed by atoms with Crippen molar-refractivity contribution in [3.63, 3.8) is 0 Å². The predicted octanol–water partition coefficient (Wildman–Crippen LogP) is 5.80. The second-order valence-corrected chi connectivity index (χ2v) is 10.9. The van der Waals surface area contributed by atoms with E-state index < -0.39 is 0 Å². The number of hydrogen-bond donors (Lipinski definition) is 1. The summed E-state index contributed by atoms with van der Waals surface area (Å²) in [5.41, 5.74) is 5.28.